The van der Waals surface area contributed by atoms with Gasteiger partial charge in [-0.1, -0.05) is 76.6 Å². The third kappa shape index (κ3) is 7.27. The Bertz CT molecular complexity index is 1380. The van der Waals surface area contributed by atoms with Crippen molar-refractivity contribution < 1.29 is 17.9 Å². The van der Waals surface area contributed by atoms with Crippen LogP contribution in [0.1, 0.15) is 11.1 Å². The summed E-state index contributed by atoms with van der Waals surface area (Å²) in [6, 6.07) is 31.3. The van der Waals surface area contributed by atoms with E-state index in [0.29, 0.717) is 18.0 Å². The van der Waals surface area contributed by atoms with Crippen LogP contribution < -0.4 is 14.8 Å². The third-order valence-electron chi connectivity index (χ3n) is 5.39. The molecule has 0 radical (unpaired) electrons. The van der Waals surface area contributed by atoms with E-state index in [1.54, 1.807) is 36.4 Å². The molecule has 0 aliphatic carbocycles. The highest BCUT2D eigenvalue weighted by Crippen LogP contribution is 2.19. The lowest BCUT2D eigenvalue weighted by Crippen LogP contribution is -2.45. The summed E-state index contributed by atoms with van der Waals surface area (Å²) < 4.78 is 35.1. The van der Waals surface area contributed by atoms with Crippen LogP contribution in [0.4, 0.5) is 5.69 Å². The van der Waals surface area contributed by atoms with Crippen molar-refractivity contribution in [3.05, 3.63) is 125 Å². The number of rotatable bonds is 10. The monoisotopic (exact) mass is 564 g/mol. The highest BCUT2D eigenvalue weighted by Gasteiger charge is 2.26. The van der Waals surface area contributed by atoms with Crippen molar-refractivity contribution in [1.82, 2.24) is 4.72 Å². The fraction of sp³-hybridized carbons (Fsp3) is 0.107. The van der Waals surface area contributed by atoms with Gasteiger partial charge in [0.25, 0.3) is 0 Å². The summed E-state index contributed by atoms with van der Waals surface area (Å²) in [6.07, 6.45) is 0.195. The van der Waals surface area contributed by atoms with Crippen LogP contribution in [0, 0.1) is 0 Å². The number of carbonyl (C=O) groups excluding carboxylic acids is 1. The minimum absolute atomic E-state index is 0.0801. The molecule has 0 heterocycles. The Kier molecular flexibility index (Phi) is 8.53. The van der Waals surface area contributed by atoms with Crippen LogP contribution in [-0.4, -0.2) is 20.4 Å². The standard InChI is InChI=1S/C28H25BrN2O4S/c29-23-11-17-26(18-12-23)36(33,34)31-27(19-21-7-3-1-4-8-21)28(32)30-24-13-15-25(16-14-24)35-20-22-9-5-2-6-10-22/h1-18,27,31H,19-20H2,(H,30,32)/t27-/m1/s1. The normalized spacial score (nSPS) is 12.0. The molecule has 0 aromatic heterocycles. The van der Waals surface area contributed by atoms with Gasteiger partial charge >= 0.3 is 0 Å². The SMILES string of the molecule is O=C(Nc1ccc(OCc2ccccc2)cc1)[C@@H](Cc1ccccc1)NS(=O)(=O)c1ccc(Br)cc1. The largest absolute Gasteiger partial charge is 0.489 e. The highest BCUT2D eigenvalue weighted by atomic mass is 79.9. The first-order valence-corrected chi connectivity index (χ1v) is 13.6. The molecule has 4 rings (SSSR count). The summed E-state index contributed by atoms with van der Waals surface area (Å²) >= 11 is 3.31. The quantitative estimate of drug-likeness (QED) is 0.264. The average molecular weight is 565 g/mol. The fourth-order valence-corrected chi connectivity index (χ4v) is 4.97. The molecule has 8 heteroatoms. The molecule has 0 saturated carbocycles. The molecule has 0 aliphatic heterocycles. The summed E-state index contributed by atoms with van der Waals surface area (Å²) in [5.41, 5.74) is 2.42. The fourth-order valence-electron chi connectivity index (χ4n) is 3.51. The maximum Gasteiger partial charge on any atom is 0.242 e. The minimum atomic E-state index is -3.93. The molecular weight excluding hydrogens is 540 g/mol. The third-order valence-corrected chi connectivity index (χ3v) is 7.41. The smallest absolute Gasteiger partial charge is 0.242 e. The van der Waals surface area contributed by atoms with Gasteiger partial charge in [-0.3, -0.25) is 4.79 Å². The van der Waals surface area contributed by atoms with E-state index in [2.05, 4.69) is 26.0 Å². The van der Waals surface area contributed by atoms with Crippen LogP contribution in [0.15, 0.2) is 119 Å². The highest BCUT2D eigenvalue weighted by molar-refractivity contribution is 9.10. The zero-order valence-electron chi connectivity index (χ0n) is 19.3. The van der Waals surface area contributed by atoms with E-state index < -0.39 is 22.0 Å². The van der Waals surface area contributed by atoms with Crippen molar-refractivity contribution in [2.75, 3.05) is 5.32 Å². The van der Waals surface area contributed by atoms with E-state index in [-0.39, 0.29) is 11.3 Å². The molecule has 4 aromatic carbocycles. The van der Waals surface area contributed by atoms with Gasteiger partial charge in [0.05, 0.1) is 4.90 Å². The van der Waals surface area contributed by atoms with Crippen LogP contribution in [0.3, 0.4) is 0 Å². The number of carbonyl (C=O) groups is 1. The molecule has 4 aromatic rings. The lowest BCUT2D eigenvalue weighted by Gasteiger charge is -2.19. The predicted molar refractivity (Wildman–Crippen MR) is 144 cm³/mol. The molecule has 0 fully saturated rings. The van der Waals surface area contributed by atoms with E-state index >= 15 is 0 Å². The molecule has 0 unspecified atom stereocenters. The lowest BCUT2D eigenvalue weighted by molar-refractivity contribution is -0.117. The zero-order chi connectivity index (χ0) is 25.4. The Morgan fingerprint density at radius 2 is 1.36 bits per heavy atom. The second-order valence-corrected chi connectivity index (χ2v) is 10.7. The molecule has 1 atom stereocenters. The number of hydrogen-bond acceptors (Lipinski definition) is 4. The van der Waals surface area contributed by atoms with Crippen molar-refractivity contribution >= 4 is 37.5 Å². The number of hydrogen-bond donors (Lipinski definition) is 2. The summed E-state index contributed by atoms with van der Waals surface area (Å²) in [7, 11) is -3.93. The maximum atomic E-state index is 13.2. The molecule has 0 spiro atoms. The molecule has 2 N–H and O–H groups in total. The van der Waals surface area contributed by atoms with Crippen molar-refractivity contribution in [3.8, 4) is 5.75 Å². The first-order chi connectivity index (χ1) is 17.4. The maximum absolute atomic E-state index is 13.2. The summed E-state index contributed by atoms with van der Waals surface area (Å²) in [6.45, 7) is 0.434. The van der Waals surface area contributed by atoms with E-state index in [1.807, 2.05) is 60.7 Å². The van der Waals surface area contributed by atoms with Gasteiger partial charge in [0.1, 0.15) is 18.4 Å². The van der Waals surface area contributed by atoms with Crippen molar-refractivity contribution in [1.29, 1.82) is 0 Å². The van der Waals surface area contributed by atoms with Crippen molar-refractivity contribution in [3.63, 3.8) is 0 Å². The Labute approximate surface area is 219 Å². The number of benzene rings is 4. The van der Waals surface area contributed by atoms with E-state index in [0.717, 1.165) is 15.6 Å². The molecular formula is C28H25BrN2O4S. The second kappa shape index (κ2) is 12.0. The molecule has 36 heavy (non-hydrogen) atoms. The van der Waals surface area contributed by atoms with Gasteiger partial charge in [0, 0.05) is 10.2 Å². The lowest BCUT2D eigenvalue weighted by atomic mass is 10.1. The Morgan fingerprint density at radius 1 is 0.778 bits per heavy atom. The summed E-state index contributed by atoms with van der Waals surface area (Å²) in [5.74, 6) is 0.200. The van der Waals surface area contributed by atoms with Crippen LogP contribution in [0.2, 0.25) is 0 Å². The minimum Gasteiger partial charge on any atom is -0.489 e. The average Bonchev–Trinajstić information content (AvgIpc) is 2.89. The van der Waals surface area contributed by atoms with Crippen LogP contribution in [0.25, 0.3) is 0 Å². The summed E-state index contributed by atoms with van der Waals surface area (Å²) in [4.78, 5) is 13.3. The van der Waals surface area contributed by atoms with E-state index in [4.69, 9.17) is 4.74 Å². The topological polar surface area (TPSA) is 84.5 Å². The number of sulfonamides is 1. The van der Waals surface area contributed by atoms with E-state index in [1.165, 1.54) is 12.1 Å². The van der Waals surface area contributed by atoms with Crippen LogP contribution >= 0.6 is 15.9 Å². The molecule has 6 nitrogen and oxygen atoms in total. The Hall–Kier alpha value is -3.46. The molecule has 0 saturated heterocycles. The van der Waals surface area contributed by atoms with Crippen molar-refractivity contribution in [2.45, 2.75) is 24.0 Å². The molecule has 1 amide bonds. The number of halogens is 1. The number of amides is 1. The first-order valence-electron chi connectivity index (χ1n) is 11.3. The predicted octanol–water partition coefficient (Wildman–Crippen LogP) is 5.56. The number of anilines is 1. The van der Waals surface area contributed by atoms with Gasteiger partial charge in [-0.05, 0) is 66.1 Å². The Morgan fingerprint density at radius 3 is 1.97 bits per heavy atom. The molecule has 184 valence electrons. The molecule has 0 bridgehead atoms. The second-order valence-electron chi connectivity index (χ2n) is 8.11. The van der Waals surface area contributed by atoms with Crippen LogP contribution in [0.5, 0.6) is 5.75 Å². The number of nitrogens with one attached hydrogen (secondary N) is 2. The summed E-state index contributed by atoms with van der Waals surface area (Å²) in [5, 5.41) is 2.82. The van der Waals surface area contributed by atoms with Crippen LogP contribution in [-0.2, 0) is 27.8 Å². The van der Waals surface area contributed by atoms with Crippen molar-refractivity contribution in [2.24, 2.45) is 0 Å². The van der Waals surface area contributed by atoms with Gasteiger partial charge in [0.2, 0.25) is 15.9 Å². The van der Waals surface area contributed by atoms with E-state index in [9.17, 15) is 13.2 Å². The Balaban J connectivity index is 1.46. The van der Waals surface area contributed by atoms with Gasteiger partial charge in [-0.25, -0.2) is 8.42 Å². The van der Waals surface area contributed by atoms with Gasteiger partial charge in [-0.15, -0.1) is 0 Å². The number of ether oxygens (including phenoxy) is 1. The first kappa shape index (κ1) is 25.6. The van der Waals surface area contributed by atoms with Gasteiger partial charge in [0.15, 0.2) is 0 Å². The molecule has 0 aliphatic rings. The van der Waals surface area contributed by atoms with Gasteiger partial charge in [-0.2, -0.15) is 4.72 Å². The van der Waals surface area contributed by atoms with Gasteiger partial charge < -0.3 is 10.1 Å². The zero-order valence-corrected chi connectivity index (χ0v) is 21.7.